The topological polar surface area (TPSA) is 56.1 Å². The van der Waals surface area contributed by atoms with Gasteiger partial charge < -0.3 is 14.6 Å². The number of methoxy groups -OCH3 is 1. The molecule has 170 valence electrons. The van der Waals surface area contributed by atoms with E-state index in [1.807, 2.05) is 53.1 Å². The molecule has 1 N–H and O–H groups in total. The van der Waals surface area contributed by atoms with Crippen LogP contribution in [0.25, 0.3) is 11.0 Å². The van der Waals surface area contributed by atoms with E-state index in [4.69, 9.17) is 9.72 Å². The van der Waals surface area contributed by atoms with Crippen LogP contribution in [0, 0.1) is 5.92 Å². The second-order valence-electron chi connectivity index (χ2n) is 8.88. The van der Waals surface area contributed by atoms with Gasteiger partial charge in [-0.15, -0.1) is 0 Å². The number of amides is 1. The minimum atomic E-state index is -0.0935. The quantitative estimate of drug-likeness (QED) is 0.363. The molecule has 3 aromatic carbocycles. The first-order valence-corrected chi connectivity index (χ1v) is 11.4. The normalized spacial score (nSPS) is 12.2. The number of para-hydroxylation sites is 2. The zero-order valence-electron chi connectivity index (χ0n) is 19.7. The number of fused-ring (bicyclic) bond motifs is 1. The van der Waals surface area contributed by atoms with Crippen molar-refractivity contribution in [3.63, 3.8) is 0 Å². The molecule has 1 unspecified atom stereocenters. The minimum absolute atomic E-state index is 0.0549. The van der Waals surface area contributed by atoms with Crippen molar-refractivity contribution in [2.75, 3.05) is 12.4 Å². The van der Waals surface area contributed by atoms with Crippen LogP contribution in [0.1, 0.15) is 43.6 Å². The fourth-order valence-corrected chi connectivity index (χ4v) is 4.17. The van der Waals surface area contributed by atoms with Crippen molar-refractivity contribution in [3.05, 3.63) is 89.7 Å². The van der Waals surface area contributed by atoms with E-state index in [2.05, 4.69) is 50.4 Å². The van der Waals surface area contributed by atoms with Gasteiger partial charge in [-0.1, -0.05) is 57.2 Å². The molecule has 33 heavy (non-hydrogen) atoms. The number of nitrogens with one attached hydrogen (secondary N) is 1. The molecule has 1 atom stereocenters. The lowest BCUT2D eigenvalue weighted by molar-refractivity contribution is -0.116. The molecule has 1 amide bonds. The van der Waals surface area contributed by atoms with Crippen molar-refractivity contribution in [2.24, 2.45) is 5.92 Å². The summed E-state index contributed by atoms with van der Waals surface area (Å²) in [4.78, 5) is 17.9. The molecular formula is C28H31N3O2. The molecule has 4 rings (SSSR count). The third kappa shape index (κ3) is 5.25. The maximum atomic E-state index is 12.9. The number of rotatable bonds is 8. The maximum Gasteiger partial charge on any atom is 0.244 e. The molecule has 1 aromatic heterocycles. The number of ether oxygens (including phenoxy) is 1. The van der Waals surface area contributed by atoms with Gasteiger partial charge in [-0.05, 0) is 59.9 Å². The third-order valence-corrected chi connectivity index (χ3v) is 5.87. The Bertz CT molecular complexity index is 1220. The maximum absolute atomic E-state index is 12.9. The Morgan fingerprint density at radius 1 is 0.970 bits per heavy atom. The van der Waals surface area contributed by atoms with E-state index in [0.717, 1.165) is 34.7 Å². The van der Waals surface area contributed by atoms with Crippen LogP contribution in [0.15, 0.2) is 72.8 Å². The largest absolute Gasteiger partial charge is 0.497 e. The van der Waals surface area contributed by atoms with Gasteiger partial charge in [0.2, 0.25) is 5.91 Å². The molecule has 0 saturated carbocycles. The zero-order valence-corrected chi connectivity index (χ0v) is 19.7. The number of carbonyl (C=O) groups excluding carboxylic acids is 1. The fraction of sp³-hybridized carbons (Fsp3) is 0.286. The lowest BCUT2D eigenvalue weighted by Crippen LogP contribution is -2.21. The number of anilines is 1. The van der Waals surface area contributed by atoms with E-state index in [1.54, 1.807) is 7.11 Å². The van der Waals surface area contributed by atoms with Crippen LogP contribution < -0.4 is 10.1 Å². The molecule has 0 aliphatic heterocycles. The molecule has 5 heteroatoms. The number of benzene rings is 3. The number of hydrogen-bond acceptors (Lipinski definition) is 3. The van der Waals surface area contributed by atoms with Crippen LogP contribution in [0.3, 0.4) is 0 Å². The highest BCUT2D eigenvalue weighted by Gasteiger charge is 2.20. The van der Waals surface area contributed by atoms with Crippen LogP contribution in [-0.4, -0.2) is 22.6 Å². The van der Waals surface area contributed by atoms with Gasteiger partial charge in [-0.25, -0.2) is 4.98 Å². The Balaban J connectivity index is 1.60. The standard InChI is InChI=1S/C28H31N3O2/c1-19(2)17-21-9-11-22(12-10-21)20(3)28-30-25-7-5-6-8-26(25)31(28)18-27(32)29-23-13-15-24(33-4)16-14-23/h5-16,19-20H,17-18H2,1-4H3,(H,29,32). The highest BCUT2D eigenvalue weighted by molar-refractivity contribution is 5.91. The first-order valence-electron chi connectivity index (χ1n) is 11.4. The summed E-state index contributed by atoms with van der Waals surface area (Å²) >= 11 is 0. The van der Waals surface area contributed by atoms with E-state index in [0.29, 0.717) is 5.92 Å². The number of aromatic nitrogens is 2. The lowest BCUT2D eigenvalue weighted by atomic mass is 9.96. The molecule has 5 nitrogen and oxygen atoms in total. The molecule has 1 heterocycles. The van der Waals surface area contributed by atoms with E-state index in [1.165, 1.54) is 11.1 Å². The summed E-state index contributed by atoms with van der Waals surface area (Å²) in [5.74, 6) is 2.23. The molecule has 0 aliphatic carbocycles. The fourth-order valence-electron chi connectivity index (χ4n) is 4.17. The summed E-state index contributed by atoms with van der Waals surface area (Å²) in [7, 11) is 1.62. The van der Waals surface area contributed by atoms with E-state index in [-0.39, 0.29) is 18.4 Å². The van der Waals surface area contributed by atoms with Crippen LogP contribution >= 0.6 is 0 Å². The van der Waals surface area contributed by atoms with Gasteiger partial charge >= 0.3 is 0 Å². The van der Waals surface area contributed by atoms with Crippen molar-refractivity contribution in [1.29, 1.82) is 0 Å². The second-order valence-corrected chi connectivity index (χ2v) is 8.88. The summed E-state index contributed by atoms with van der Waals surface area (Å²) in [5, 5.41) is 2.98. The SMILES string of the molecule is COc1ccc(NC(=O)Cn2c(C(C)c3ccc(CC(C)C)cc3)nc3ccccc32)cc1. The van der Waals surface area contributed by atoms with E-state index >= 15 is 0 Å². The Morgan fingerprint density at radius 3 is 2.33 bits per heavy atom. The Labute approximate surface area is 195 Å². The van der Waals surface area contributed by atoms with Crippen molar-refractivity contribution in [1.82, 2.24) is 9.55 Å². The third-order valence-electron chi connectivity index (χ3n) is 5.87. The van der Waals surface area contributed by atoms with Crippen molar-refractivity contribution in [3.8, 4) is 5.75 Å². The smallest absolute Gasteiger partial charge is 0.244 e. The molecule has 0 bridgehead atoms. The minimum Gasteiger partial charge on any atom is -0.497 e. The average Bonchev–Trinajstić information content (AvgIpc) is 3.17. The first-order chi connectivity index (χ1) is 15.9. The highest BCUT2D eigenvalue weighted by atomic mass is 16.5. The van der Waals surface area contributed by atoms with Gasteiger partial charge in [0, 0.05) is 11.6 Å². The number of hydrogen-bond donors (Lipinski definition) is 1. The summed E-state index contributed by atoms with van der Waals surface area (Å²) in [5.41, 5.74) is 5.12. The number of nitrogens with zero attached hydrogens (tertiary/aromatic N) is 2. The van der Waals surface area contributed by atoms with Crippen molar-refractivity contribution >= 4 is 22.6 Å². The molecule has 0 radical (unpaired) electrons. The Kier molecular flexibility index (Phi) is 6.78. The van der Waals surface area contributed by atoms with Crippen LogP contribution in [-0.2, 0) is 17.8 Å². The van der Waals surface area contributed by atoms with Crippen molar-refractivity contribution < 1.29 is 9.53 Å². The summed E-state index contributed by atoms with van der Waals surface area (Å²) < 4.78 is 7.22. The van der Waals surface area contributed by atoms with Gasteiger partial charge in [0.15, 0.2) is 0 Å². The molecular weight excluding hydrogens is 410 g/mol. The van der Waals surface area contributed by atoms with Crippen LogP contribution in [0.5, 0.6) is 5.75 Å². The van der Waals surface area contributed by atoms with Gasteiger partial charge in [-0.2, -0.15) is 0 Å². The van der Waals surface area contributed by atoms with Gasteiger partial charge in [0.1, 0.15) is 18.1 Å². The Morgan fingerprint density at radius 2 is 1.67 bits per heavy atom. The molecule has 0 aliphatic rings. The first kappa shape index (κ1) is 22.6. The van der Waals surface area contributed by atoms with Gasteiger partial charge in [0.25, 0.3) is 0 Å². The molecule has 0 spiro atoms. The molecule has 4 aromatic rings. The molecule has 0 saturated heterocycles. The zero-order chi connectivity index (χ0) is 23.4. The average molecular weight is 442 g/mol. The second kappa shape index (κ2) is 9.90. The molecule has 0 fully saturated rings. The van der Waals surface area contributed by atoms with Gasteiger partial charge in [-0.3, -0.25) is 4.79 Å². The summed E-state index contributed by atoms with van der Waals surface area (Å²) in [6, 6.07) is 24.1. The monoisotopic (exact) mass is 441 g/mol. The predicted molar refractivity (Wildman–Crippen MR) is 134 cm³/mol. The van der Waals surface area contributed by atoms with Crippen LogP contribution in [0.2, 0.25) is 0 Å². The number of imidazole rings is 1. The summed E-state index contributed by atoms with van der Waals surface area (Å²) in [6.07, 6.45) is 1.07. The van der Waals surface area contributed by atoms with E-state index < -0.39 is 0 Å². The number of carbonyl (C=O) groups is 1. The predicted octanol–water partition coefficient (Wildman–Crippen LogP) is 6.03. The van der Waals surface area contributed by atoms with Crippen molar-refractivity contribution in [2.45, 2.75) is 39.7 Å². The van der Waals surface area contributed by atoms with Crippen LogP contribution in [0.4, 0.5) is 5.69 Å². The van der Waals surface area contributed by atoms with E-state index in [9.17, 15) is 4.79 Å². The Hall–Kier alpha value is -3.60. The van der Waals surface area contributed by atoms with Gasteiger partial charge in [0.05, 0.1) is 18.1 Å². The highest BCUT2D eigenvalue weighted by Crippen LogP contribution is 2.28. The lowest BCUT2D eigenvalue weighted by Gasteiger charge is -2.16. The summed E-state index contributed by atoms with van der Waals surface area (Å²) in [6.45, 7) is 6.81.